The number of nitro groups is 1. The number of nitrogen functional groups attached to an aromatic ring is 1. The maximum Gasteiger partial charge on any atom is 0.270 e. The number of rotatable bonds is 2. The number of hydrogen-bond acceptors (Lipinski definition) is 4. The topological polar surface area (TPSA) is 87.0 Å². The van der Waals surface area contributed by atoms with E-state index in [1.165, 1.54) is 16.8 Å². The molecule has 6 heteroatoms. The molecule has 0 radical (unpaired) electrons. The van der Waals surface area contributed by atoms with Crippen molar-refractivity contribution in [2.45, 2.75) is 6.92 Å². The fourth-order valence-corrected chi connectivity index (χ4v) is 1.61. The summed E-state index contributed by atoms with van der Waals surface area (Å²) in [5, 5.41) is 14.9. The zero-order valence-electron chi connectivity index (χ0n) is 9.54. The van der Waals surface area contributed by atoms with Crippen molar-refractivity contribution in [1.82, 2.24) is 9.78 Å². The molecule has 0 bridgehead atoms. The van der Waals surface area contributed by atoms with E-state index < -0.39 is 4.92 Å². The first-order valence-electron chi connectivity index (χ1n) is 5.04. The van der Waals surface area contributed by atoms with Gasteiger partial charge in [-0.3, -0.25) is 14.8 Å². The summed E-state index contributed by atoms with van der Waals surface area (Å²) >= 11 is 0. The largest absolute Gasteiger partial charge is 0.384 e. The molecule has 88 valence electrons. The van der Waals surface area contributed by atoms with E-state index in [2.05, 4.69) is 5.10 Å². The van der Waals surface area contributed by atoms with Crippen LogP contribution in [0.4, 0.5) is 11.5 Å². The van der Waals surface area contributed by atoms with Gasteiger partial charge in [-0.05, 0) is 12.5 Å². The highest BCUT2D eigenvalue weighted by Gasteiger charge is 2.13. The summed E-state index contributed by atoms with van der Waals surface area (Å²) in [5.41, 5.74) is 8.04. The molecule has 1 heterocycles. The molecule has 1 aromatic carbocycles. The molecule has 0 aliphatic heterocycles. The summed E-state index contributed by atoms with van der Waals surface area (Å²) in [4.78, 5) is 10.3. The fraction of sp³-hybridized carbons (Fsp3) is 0.182. The zero-order valence-corrected chi connectivity index (χ0v) is 9.54. The van der Waals surface area contributed by atoms with Crippen molar-refractivity contribution in [3.8, 4) is 11.3 Å². The van der Waals surface area contributed by atoms with Crippen molar-refractivity contribution >= 4 is 11.5 Å². The van der Waals surface area contributed by atoms with Gasteiger partial charge in [0.25, 0.3) is 5.69 Å². The molecule has 2 rings (SSSR count). The summed E-state index contributed by atoms with van der Waals surface area (Å²) < 4.78 is 1.54. The molecular weight excluding hydrogens is 220 g/mol. The first-order chi connectivity index (χ1) is 7.99. The maximum atomic E-state index is 10.7. The molecule has 0 atom stereocenters. The number of hydrogen-bond donors (Lipinski definition) is 1. The number of anilines is 1. The van der Waals surface area contributed by atoms with Gasteiger partial charge in [-0.2, -0.15) is 5.10 Å². The van der Waals surface area contributed by atoms with E-state index in [0.717, 1.165) is 11.1 Å². The van der Waals surface area contributed by atoms with Crippen LogP contribution in [0.1, 0.15) is 5.56 Å². The molecule has 0 spiro atoms. The van der Waals surface area contributed by atoms with Crippen LogP contribution in [0.2, 0.25) is 0 Å². The highest BCUT2D eigenvalue weighted by Crippen LogP contribution is 2.27. The van der Waals surface area contributed by atoms with Gasteiger partial charge in [-0.15, -0.1) is 0 Å². The molecule has 0 aliphatic carbocycles. The average molecular weight is 232 g/mol. The lowest BCUT2D eigenvalue weighted by atomic mass is 10.1. The summed E-state index contributed by atoms with van der Waals surface area (Å²) in [6, 6.07) is 6.40. The Morgan fingerprint density at radius 1 is 1.41 bits per heavy atom. The predicted octanol–water partition coefficient (Wildman–Crippen LogP) is 1.89. The molecule has 0 saturated heterocycles. The minimum absolute atomic E-state index is 0.0508. The Labute approximate surface area is 97.8 Å². The van der Waals surface area contributed by atoms with Gasteiger partial charge in [0.05, 0.1) is 10.6 Å². The summed E-state index contributed by atoms with van der Waals surface area (Å²) in [6.07, 6.45) is 0. The predicted molar refractivity (Wildman–Crippen MR) is 64.4 cm³/mol. The van der Waals surface area contributed by atoms with Crippen LogP contribution in [0.3, 0.4) is 0 Å². The van der Waals surface area contributed by atoms with Crippen LogP contribution in [0, 0.1) is 17.0 Å². The molecule has 0 saturated carbocycles. The third-order valence-electron chi connectivity index (χ3n) is 2.62. The second-order valence-corrected chi connectivity index (χ2v) is 3.83. The first kappa shape index (κ1) is 11.1. The van der Waals surface area contributed by atoms with Crippen molar-refractivity contribution in [2.24, 2.45) is 7.05 Å². The lowest BCUT2D eigenvalue weighted by Crippen LogP contribution is -1.96. The number of benzene rings is 1. The number of nitrogens with zero attached hydrogens (tertiary/aromatic N) is 3. The monoisotopic (exact) mass is 232 g/mol. The molecule has 0 fully saturated rings. The number of nitrogens with two attached hydrogens (primary N) is 1. The quantitative estimate of drug-likeness (QED) is 0.632. The van der Waals surface area contributed by atoms with Crippen LogP contribution >= 0.6 is 0 Å². The number of non-ortho nitro benzene ring substituents is 1. The van der Waals surface area contributed by atoms with Gasteiger partial charge >= 0.3 is 0 Å². The molecule has 0 aliphatic rings. The van der Waals surface area contributed by atoms with E-state index in [1.807, 2.05) is 6.92 Å². The SMILES string of the molecule is Cc1ccc([N+](=O)[O-])cc1-c1cc(N)n(C)n1. The smallest absolute Gasteiger partial charge is 0.270 e. The van der Waals surface area contributed by atoms with Crippen molar-refractivity contribution in [2.75, 3.05) is 5.73 Å². The number of aryl methyl sites for hydroxylation is 2. The Kier molecular flexibility index (Phi) is 2.55. The molecule has 0 amide bonds. The lowest BCUT2D eigenvalue weighted by Gasteiger charge is -2.01. The molecular formula is C11H12N4O2. The first-order valence-corrected chi connectivity index (χ1v) is 5.04. The Bertz CT molecular complexity index is 570. The highest BCUT2D eigenvalue weighted by atomic mass is 16.6. The summed E-state index contributed by atoms with van der Waals surface area (Å²) in [5.74, 6) is 0.519. The summed E-state index contributed by atoms with van der Waals surface area (Å²) in [7, 11) is 1.73. The number of aromatic nitrogens is 2. The van der Waals surface area contributed by atoms with Crippen molar-refractivity contribution in [1.29, 1.82) is 0 Å². The van der Waals surface area contributed by atoms with Gasteiger partial charge in [-0.1, -0.05) is 6.07 Å². The van der Waals surface area contributed by atoms with E-state index in [0.29, 0.717) is 11.5 Å². The van der Waals surface area contributed by atoms with Crippen LogP contribution in [-0.2, 0) is 7.05 Å². The molecule has 2 aromatic rings. The molecule has 17 heavy (non-hydrogen) atoms. The average Bonchev–Trinajstić information content (AvgIpc) is 2.59. The molecule has 1 aromatic heterocycles. The van der Waals surface area contributed by atoms with E-state index in [4.69, 9.17) is 5.73 Å². The molecule has 0 unspecified atom stereocenters. The van der Waals surface area contributed by atoms with Gasteiger partial charge in [-0.25, -0.2) is 0 Å². The Hall–Kier alpha value is -2.37. The van der Waals surface area contributed by atoms with Crippen LogP contribution in [0.25, 0.3) is 11.3 Å². The highest BCUT2D eigenvalue weighted by molar-refractivity contribution is 5.68. The Morgan fingerprint density at radius 3 is 2.65 bits per heavy atom. The normalized spacial score (nSPS) is 10.5. The second kappa shape index (κ2) is 3.89. The van der Waals surface area contributed by atoms with E-state index >= 15 is 0 Å². The van der Waals surface area contributed by atoms with Gasteiger partial charge in [0.1, 0.15) is 5.82 Å². The Morgan fingerprint density at radius 2 is 2.12 bits per heavy atom. The fourth-order valence-electron chi connectivity index (χ4n) is 1.61. The van der Waals surface area contributed by atoms with Crippen molar-refractivity contribution < 1.29 is 4.92 Å². The van der Waals surface area contributed by atoms with Crippen LogP contribution in [-0.4, -0.2) is 14.7 Å². The van der Waals surface area contributed by atoms with Crippen LogP contribution in [0.5, 0.6) is 0 Å². The van der Waals surface area contributed by atoms with Gasteiger partial charge < -0.3 is 5.73 Å². The van der Waals surface area contributed by atoms with Crippen molar-refractivity contribution in [3.63, 3.8) is 0 Å². The molecule has 6 nitrogen and oxygen atoms in total. The zero-order chi connectivity index (χ0) is 12.6. The third kappa shape index (κ3) is 1.96. The van der Waals surface area contributed by atoms with Crippen molar-refractivity contribution in [3.05, 3.63) is 39.9 Å². The van der Waals surface area contributed by atoms with E-state index in [1.54, 1.807) is 19.2 Å². The standard InChI is InChI=1S/C11H12N4O2/c1-7-3-4-8(15(16)17)5-9(7)10-6-11(12)14(2)13-10/h3-6H,12H2,1-2H3. The molecule has 2 N–H and O–H groups in total. The van der Waals surface area contributed by atoms with Gasteiger partial charge in [0.15, 0.2) is 0 Å². The second-order valence-electron chi connectivity index (χ2n) is 3.83. The van der Waals surface area contributed by atoms with E-state index in [-0.39, 0.29) is 5.69 Å². The Balaban J connectivity index is 2.57. The van der Waals surface area contributed by atoms with E-state index in [9.17, 15) is 10.1 Å². The minimum atomic E-state index is -0.421. The summed E-state index contributed by atoms with van der Waals surface area (Å²) in [6.45, 7) is 1.88. The van der Waals surface area contributed by atoms with Crippen LogP contribution < -0.4 is 5.73 Å². The lowest BCUT2D eigenvalue weighted by molar-refractivity contribution is -0.384. The van der Waals surface area contributed by atoms with Crippen LogP contribution in [0.15, 0.2) is 24.3 Å². The maximum absolute atomic E-state index is 10.7. The number of nitro benzene ring substituents is 1. The third-order valence-corrected chi connectivity index (χ3v) is 2.62. The van der Waals surface area contributed by atoms with Gasteiger partial charge in [0.2, 0.25) is 0 Å². The van der Waals surface area contributed by atoms with Gasteiger partial charge in [0, 0.05) is 30.8 Å². The minimum Gasteiger partial charge on any atom is -0.384 e.